The topological polar surface area (TPSA) is 101 Å². The number of aliphatic carboxylic acids is 1. The highest BCUT2D eigenvalue weighted by molar-refractivity contribution is 8.23. The number of nitrogens with zero attached hydrogens (tertiary/aromatic N) is 1. The molecule has 1 aromatic heterocycles. The number of carboxylic acid groups (broad SMARTS) is 1. The number of methoxy groups -OCH3 is 1. The van der Waals surface area contributed by atoms with Gasteiger partial charge in [0.2, 0.25) is 0 Å². The van der Waals surface area contributed by atoms with E-state index in [0.717, 1.165) is 18.2 Å². The Morgan fingerprint density at radius 3 is 2.43 bits per heavy atom. The van der Waals surface area contributed by atoms with Crippen LogP contribution in [-0.4, -0.2) is 37.9 Å². The Balaban J connectivity index is 1.98. The van der Waals surface area contributed by atoms with Crippen molar-refractivity contribution in [3.63, 3.8) is 0 Å². The lowest BCUT2D eigenvalue weighted by molar-refractivity contribution is -0.136. The summed E-state index contributed by atoms with van der Waals surface area (Å²) in [5.74, 6) is 0.373. The summed E-state index contributed by atoms with van der Waals surface area (Å²) in [7, 11) is -1.82. The molecule has 0 unspecified atom stereocenters. The maximum atomic E-state index is 11.1. The molecule has 3 N–H and O–H groups in total. The highest BCUT2D eigenvalue weighted by atomic mass is 32.3. The number of hydrogen-bond acceptors (Lipinski definition) is 5. The molecule has 0 bridgehead atoms. The van der Waals surface area contributed by atoms with Crippen molar-refractivity contribution >= 4 is 27.6 Å². The molecule has 30 heavy (non-hydrogen) atoms. The van der Waals surface area contributed by atoms with Crippen molar-refractivity contribution in [2.45, 2.75) is 37.5 Å². The standard InChI is InChI=1S/C22H27NO6S/c1-3-4-13-29-17-6-9-19(10-7-17)30(26,27)23-15-16(5-12-22(24)25)20-14-18(28-2)8-11-21(20)23/h6-11,14-15,26-27H,3-5,12-13H2,1-2H3,(H,24,25). The number of rotatable bonds is 10. The SMILES string of the molecule is CCCCOc1ccc(S(O)(O)n2cc(CCC(=O)O)c3cc(OC)ccc32)cc1. The Hall–Kier alpha value is -2.68. The van der Waals surface area contributed by atoms with Crippen LogP contribution in [0.25, 0.3) is 10.9 Å². The maximum absolute atomic E-state index is 11.1. The molecule has 162 valence electrons. The Kier molecular flexibility index (Phi) is 6.91. The third kappa shape index (κ3) is 4.72. The van der Waals surface area contributed by atoms with E-state index in [1.807, 2.05) is 0 Å². The molecular weight excluding hydrogens is 406 g/mol. The quantitative estimate of drug-likeness (QED) is 0.369. The van der Waals surface area contributed by atoms with E-state index in [0.29, 0.717) is 34.1 Å². The number of benzene rings is 2. The van der Waals surface area contributed by atoms with Crippen molar-refractivity contribution < 1.29 is 28.5 Å². The molecule has 3 rings (SSSR count). The van der Waals surface area contributed by atoms with E-state index >= 15 is 0 Å². The van der Waals surface area contributed by atoms with Gasteiger partial charge in [0.1, 0.15) is 11.5 Å². The molecule has 2 aromatic carbocycles. The molecule has 0 aliphatic heterocycles. The van der Waals surface area contributed by atoms with Crippen LogP contribution in [0.3, 0.4) is 0 Å². The third-order valence-corrected chi connectivity index (χ3v) is 6.60. The van der Waals surface area contributed by atoms with Crippen LogP contribution in [0.5, 0.6) is 11.5 Å². The zero-order valence-electron chi connectivity index (χ0n) is 17.1. The minimum atomic E-state index is -3.37. The largest absolute Gasteiger partial charge is 0.497 e. The number of ether oxygens (including phenoxy) is 2. The van der Waals surface area contributed by atoms with Gasteiger partial charge in [-0.15, -0.1) is 0 Å². The summed E-state index contributed by atoms with van der Waals surface area (Å²) in [4.78, 5) is 11.4. The fourth-order valence-corrected chi connectivity index (χ4v) is 4.63. The van der Waals surface area contributed by atoms with Crippen LogP contribution in [0.2, 0.25) is 0 Å². The van der Waals surface area contributed by atoms with Crippen molar-refractivity contribution in [3.8, 4) is 11.5 Å². The van der Waals surface area contributed by atoms with Gasteiger partial charge in [0, 0.05) is 18.0 Å². The molecule has 7 nitrogen and oxygen atoms in total. The second kappa shape index (κ2) is 9.42. The maximum Gasteiger partial charge on any atom is 0.303 e. The predicted molar refractivity (Wildman–Crippen MR) is 118 cm³/mol. The van der Waals surface area contributed by atoms with Crippen molar-refractivity contribution in [2.24, 2.45) is 0 Å². The first-order valence-corrected chi connectivity index (χ1v) is 11.3. The Morgan fingerprint density at radius 2 is 1.80 bits per heavy atom. The van der Waals surface area contributed by atoms with Crippen molar-refractivity contribution in [1.29, 1.82) is 0 Å². The Bertz CT molecular complexity index is 1010. The van der Waals surface area contributed by atoms with E-state index in [-0.39, 0.29) is 12.8 Å². The van der Waals surface area contributed by atoms with Crippen LogP contribution in [0.4, 0.5) is 0 Å². The number of hydrogen-bond donors (Lipinski definition) is 3. The fraction of sp³-hybridized carbons (Fsp3) is 0.318. The Labute approximate surface area is 177 Å². The number of aryl methyl sites for hydroxylation is 1. The van der Waals surface area contributed by atoms with E-state index < -0.39 is 16.7 Å². The summed E-state index contributed by atoms with van der Waals surface area (Å²) in [5.41, 5.74) is 1.31. The van der Waals surface area contributed by atoms with E-state index in [2.05, 4.69) is 6.92 Å². The molecule has 0 atom stereocenters. The molecule has 0 spiro atoms. The lowest BCUT2D eigenvalue weighted by atomic mass is 10.1. The van der Waals surface area contributed by atoms with Gasteiger partial charge in [-0.25, -0.2) is 3.97 Å². The third-order valence-electron chi connectivity index (χ3n) is 4.85. The van der Waals surface area contributed by atoms with Gasteiger partial charge < -0.3 is 14.6 Å². The van der Waals surface area contributed by atoms with Crippen LogP contribution in [-0.2, 0) is 11.2 Å². The van der Waals surface area contributed by atoms with E-state index in [4.69, 9.17) is 14.6 Å². The molecule has 0 aliphatic rings. The first kappa shape index (κ1) is 22.0. The minimum Gasteiger partial charge on any atom is -0.497 e. The molecule has 0 aliphatic carbocycles. The molecular formula is C22H27NO6S. The summed E-state index contributed by atoms with van der Waals surface area (Å²) in [6.07, 6.45) is 3.82. The highest BCUT2D eigenvalue weighted by Crippen LogP contribution is 2.52. The molecule has 8 heteroatoms. The van der Waals surface area contributed by atoms with Gasteiger partial charge in [-0.1, -0.05) is 24.1 Å². The molecule has 3 aromatic rings. The monoisotopic (exact) mass is 433 g/mol. The van der Waals surface area contributed by atoms with Gasteiger partial charge in [0.25, 0.3) is 0 Å². The highest BCUT2D eigenvalue weighted by Gasteiger charge is 2.23. The van der Waals surface area contributed by atoms with Crippen LogP contribution in [0.1, 0.15) is 31.7 Å². The van der Waals surface area contributed by atoms with Gasteiger partial charge in [0.05, 0.1) is 24.1 Å². The van der Waals surface area contributed by atoms with Gasteiger partial charge in [-0.2, -0.15) is 0 Å². The molecule has 0 saturated carbocycles. The smallest absolute Gasteiger partial charge is 0.303 e. The van der Waals surface area contributed by atoms with Gasteiger partial charge >= 0.3 is 5.97 Å². The molecule has 0 saturated heterocycles. The van der Waals surface area contributed by atoms with Gasteiger partial charge in [0.15, 0.2) is 0 Å². The van der Waals surface area contributed by atoms with Crippen LogP contribution < -0.4 is 9.47 Å². The minimum absolute atomic E-state index is 0.0562. The number of carbonyl (C=O) groups is 1. The molecule has 0 fully saturated rings. The average molecular weight is 434 g/mol. The summed E-state index contributed by atoms with van der Waals surface area (Å²) in [5, 5.41) is 9.79. The summed E-state index contributed by atoms with van der Waals surface area (Å²) < 4.78 is 34.5. The van der Waals surface area contributed by atoms with Crippen LogP contribution in [0, 0.1) is 0 Å². The number of carboxylic acids is 1. The van der Waals surface area contributed by atoms with Crippen molar-refractivity contribution in [1.82, 2.24) is 3.97 Å². The first-order chi connectivity index (χ1) is 14.4. The van der Waals surface area contributed by atoms with E-state index in [1.54, 1.807) is 55.8 Å². The zero-order chi connectivity index (χ0) is 21.7. The molecule has 1 heterocycles. The summed E-state index contributed by atoms with van der Waals surface area (Å²) in [6, 6.07) is 12.0. The normalized spacial score (nSPS) is 12.1. The lowest BCUT2D eigenvalue weighted by Gasteiger charge is -2.34. The average Bonchev–Trinajstić information content (AvgIpc) is 3.11. The van der Waals surface area contributed by atoms with Crippen molar-refractivity contribution in [3.05, 3.63) is 54.2 Å². The van der Waals surface area contributed by atoms with Crippen LogP contribution >= 0.6 is 10.8 Å². The van der Waals surface area contributed by atoms with Crippen LogP contribution in [0.15, 0.2) is 53.6 Å². The molecule has 0 radical (unpaired) electrons. The zero-order valence-corrected chi connectivity index (χ0v) is 17.9. The summed E-state index contributed by atoms with van der Waals surface area (Å²) >= 11 is 0. The van der Waals surface area contributed by atoms with Gasteiger partial charge in [-0.3, -0.25) is 13.9 Å². The second-order valence-corrected chi connectivity index (χ2v) is 8.85. The van der Waals surface area contributed by atoms with E-state index in [1.165, 1.54) is 3.97 Å². The number of unbranched alkanes of at least 4 members (excludes halogenated alkanes) is 1. The number of fused-ring (bicyclic) bond motifs is 1. The number of aromatic nitrogens is 1. The van der Waals surface area contributed by atoms with E-state index in [9.17, 15) is 13.9 Å². The van der Waals surface area contributed by atoms with Gasteiger partial charge in [-0.05, 0) is 60.9 Å². The predicted octanol–water partition coefficient (Wildman–Crippen LogP) is 5.42. The van der Waals surface area contributed by atoms with Crippen molar-refractivity contribution in [2.75, 3.05) is 13.7 Å². The Morgan fingerprint density at radius 1 is 1.10 bits per heavy atom. The summed E-state index contributed by atoms with van der Waals surface area (Å²) in [6.45, 7) is 2.70. The lowest BCUT2D eigenvalue weighted by Crippen LogP contribution is -2.08. The fourth-order valence-electron chi connectivity index (χ4n) is 3.19. The molecule has 0 amide bonds. The first-order valence-electron chi connectivity index (χ1n) is 9.78. The second-order valence-electron chi connectivity index (χ2n) is 6.95.